The summed E-state index contributed by atoms with van der Waals surface area (Å²) >= 11 is 0. The standard InChI is InChI=1S/C7H7N3O/c1-5-7(11)10-3-2-8-4-6(10)9-5/h2-4H,1H3,(H,8,11)/p+1. The minimum atomic E-state index is 0.238. The zero-order chi connectivity index (χ0) is 7.84. The molecule has 0 aliphatic carbocycles. The molecule has 2 rings (SSSR count). The van der Waals surface area contributed by atoms with Gasteiger partial charge in [-0.3, -0.25) is 4.98 Å². The summed E-state index contributed by atoms with van der Waals surface area (Å²) in [6.07, 6.45) is 4.99. The van der Waals surface area contributed by atoms with Gasteiger partial charge in [-0.1, -0.05) is 0 Å². The number of hydrogen-bond donors (Lipinski definition) is 2. The summed E-state index contributed by atoms with van der Waals surface area (Å²) < 4.78 is 1.64. The highest BCUT2D eigenvalue weighted by atomic mass is 16.3. The van der Waals surface area contributed by atoms with Crippen molar-refractivity contribution in [2.45, 2.75) is 6.92 Å². The third-order valence-corrected chi connectivity index (χ3v) is 1.64. The van der Waals surface area contributed by atoms with Crippen LogP contribution in [0, 0.1) is 6.92 Å². The molecular formula is C7H8N3O+. The molecule has 0 fully saturated rings. The molecule has 0 spiro atoms. The Labute approximate surface area is 63.1 Å². The number of nitrogens with zero attached hydrogens (tertiary/aromatic N) is 2. The van der Waals surface area contributed by atoms with Crippen LogP contribution in [0.25, 0.3) is 5.65 Å². The van der Waals surface area contributed by atoms with E-state index in [2.05, 4.69) is 9.97 Å². The Kier molecular flexibility index (Phi) is 1.09. The van der Waals surface area contributed by atoms with Gasteiger partial charge in [0.15, 0.2) is 5.69 Å². The fraction of sp³-hybridized carbons (Fsp3) is 0.143. The summed E-state index contributed by atoms with van der Waals surface area (Å²) in [5.74, 6) is 0.238. The Morgan fingerprint density at radius 2 is 2.45 bits per heavy atom. The monoisotopic (exact) mass is 150 g/mol. The van der Waals surface area contributed by atoms with Gasteiger partial charge in [-0.2, -0.15) is 4.40 Å². The summed E-state index contributed by atoms with van der Waals surface area (Å²) in [5.41, 5.74) is 1.54. The molecule has 0 aliphatic heterocycles. The van der Waals surface area contributed by atoms with Crippen LogP contribution in [0.5, 0.6) is 5.88 Å². The molecule has 4 heteroatoms. The SMILES string of the molecule is Cc1[nH]c2cncc[n+]2c1O. The lowest BCUT2D eigenvalue weighted by Crippen LogP contribution is -2.18. The molecule has 0 aromatic carbocycles. The number of aromatic amines is 1. The minimum absolute atomic E-state index is 0.238. The smallest absolute Gasteiger partial charge is 0.330 e. The van der Waals surface area contributed by atoms with Gasteiger partial charge in [-0.15, -0.1) is 0 Å². The fourth-order valence-corrected chi connectivity index (χ4v) is 1.07. The van der Waals surface area contributed by atoms with E-state index in [0.29, 0.717) is 0 Å². The number of imidazole rings is 1. The molecule has 0 radical (unpaired) electrons. The summed E-state index contributed by atoms with van der Waals surface area (Å²) in [4.78, 5) is 6.88. The average molecular weight is 150 g/mol. The van der Waals surface area contributed by atoms with E-state index in [4.69, 9.17) is 0 Å². The van der Waals surface area contributed by atoms with Crippen molar-refractivity contribution >= 4 is 5.65 Å². The van der Waals surface area contributed by atoms with Crippen molar-refractivity contribution in [3.8, 4) is 5.88 Å². The van der Waals surface area contributed by atoms with Crippen molar-refractivity contribution in [3.63, 3.8) is 0 Å². The van der Waals surface area contributed by atoms with E-state index in [1.807, 2.05) is 6.92 Å². The first kappa shape index (κ1) is 6.15. The fourth-order valence-electron chi connectivity index (χ4n) is 1.07. The van der Waals surface area contributed by atoms with E-state index >= 15 is 0 Å². The first-order chi connectivity index (χ1) is 5.29. The molecule has 0 saturated carbocycles. The van der Waals surface area contributed by atoms with E-state index in [1.165, 1.54) is 0 Å². The van der Waals surface area contributed by atoms with Crippen LogP contribution in [0.2, 0.25) is 0 Å². The second kappa shape index (κ2) is 1.95. The highest BCUT2D eigenvalue weighted by molar-refractivity contribution is 5.30. The molecule has 0 bridgehead atoms. The van der Waals surface area contributed by atoms with E-state index in [-0.39, 0.29) is 5.88 Å². The van der Waals surface area contributed by atoms with Crippen LogP contribution in [0.1, 0.15) is 5.69 Å². The van der Waals surface area contributed by atoms with E-state index in [0.717, 1.165) is 11.3 Å². The highest BCUT2D eigenvalue weighted by Gasteiger charge is 2.12. The molecule has 0 unspecified atom stereocenters. The van der Waals surface area contributed by atoms with Gasteiger partial charge in [0, 0.05) is 6.92 Å². The third kappa shape index (κ3) is 0.756. The maximum Gasteiger partial charge on any atom is 0.330 e. The Balaban J connectivity index is 2.92. The molecule has 2 aromatic heterocycles. The number of aromatic nitrogens is 3. The van der Waals surface area contributed by atoms with Crippen LogP contribution in [-0.2, 0) is 0 Å². The van der Waals surface area contributed by atoms with Gasteiger partial charge in [0.2, 0.25) is 0 Å². The number of aromatic hydroxyl groups is 1. The molecule has 2 N–H and O–H groups in total. The normalized spacial score (nSPS) is 10.6. The molecule has 0 aliphatic rings. The second-order valence-electron chi connectivity index (χ2n) is 2.41. The number of fused-ring (bicyclic) bond motifs is 1. The molecule has 0 saturated heterocycles. The number of nitrogens with one attached hydrogen (secondary N) is 1. The molecule has 4 nitrogen and oxygen atoms in total. The maximum absolute atomic E-state index is 9.40. The number of rotatable bonds is 0. The van der Waals surface area contributed by atoms with Crippen LogP contribution >= 0.6 is 0 Å². The van der Waals surface area contributed by atoms with Crippen LogP contribution in [0.15, 0.2) is 18.6 Å². The van der Waals surface area contributed by atoms with Gasteiger partial charge in [-0.05, 0) is 0 Å². The van der Waals surface area contributed by atoms with Gasteiger partial charge in [0.1, 0.15) is 12.4 Å². The molecule has 11 heavy (non-hydrogen) atoms. The van der Waals surface area contributed by atoms with Crippen LogP contribution in [0.3, 0.4) is 0 Å². The third-order valence-electron chi connectivity index (χ3n) is 1.64. The predicted octanol–water partition coefficient (Wildman–Crippen LogP) is 0.162. The van der Waals surface area contributed by atoms with Gasteiger partial charge in [0.25, 0.3) is 0 Å². The first-order valence-electron chi connectivity index (χ1n) is 3.32. The topological polar surface area (TPSA) is 53.0 Å². The first-order valence-corrected chi connectivity index (χ1v) is 3.32. The van der Waals surface area contributed by atoms with Gasteiger partial charge in [-0.25, -0.2) is 4.98 Å². The largest absolute Gasteiger partial charge is 0.475 e. The highest BCUT2D eigenvalue weighted by Crippen LogP contribution is 2.07. The van der Waals surface area contributed by atoms with Crippen molar-refractivity contribution in [2.75, 3.05) is 0 Å². The average Bonchev–Trinajstić information content (AvgIpc) is 2.30. The molecule has 2 heterocycles. The maximum atomic E-state index is 9.40. The Morgan fingerprint density at radius 3 is 3.18 bits per heavy atom. The Bertz CT molecular complexity index is 393. The zero-order valence-corrected chi connectivity index (χ0v) is 6.07. The van der Waals surface area contributed by atoms with Gasteiger partial charge in [0.05, 0.1) is 6.20 Å². The molecule has 0 atom stereocenters. The lowest BCUT2D eigenvalue weighted by Gasteiger charge is -1.82. The van der Waals surface area contributed by atoms with E-state index < -0.39 is 0 Å². The zero-order valence-electron chi connectivity index (χ0n) is 6.07. The molecular weight excluding hydrogens is 142 g/mol. The van der Waals surface area contributed by atoms with Crippen LogP contribution < -0.4 is 4.40 Å². The van der Waals surface area contributed by atoms with Crippen LogP contribution in [-0.4, -0.2) is 15.1 Å². The van der Waals surface area contributed by atoms with E-state index in [1.54, 1.807) is 23.0 Å². The van der Waals surface area contributed by atoms with Crippen molar-refractivity contribution in [1.29, 1.82) is 0 Å². The second-order valence-corrected chi connectivity index (χ2v) is 2.41. The van der Waals surface area contributed by atoms with Crippen molar-refractivity contribution in [3.05, 3.63) is 24.3 Å². The van der Waals surface area contributed by atoms with E-state index in [9.17, 15) is 5.11 Å². The number of hydrogen-bond acceptors (Lipinski definition) is 2. The lowest BCUT2D eigenvalue weighted by atomic mass is 10.5. The summed E-state index contributed by atoms with van der Waals surface area (Å²) in [6, 6.07) is 0. The quantitative estimate of drug-likeness (QED) is 0.526. The summed E-state index contributed by atoms with van der Waals surface area (Å²) in [6.45, 7) is 1.81. The van der Waals surface area contributed by atoms with Crippen molar-refractivity contribution < 1.29 is 9.51 Å². The summed E-state index contributed by atoms with van der Waals surface area (Å²) in [5, 5.41) is 9.40. The van der Waals surface area contributed by atoms with Crippen molar-refractivity contribution in [2.24, 2.45) is 0 Å². The molecule has 2 aromatic rings. The minimum Gasteiger partial charge on any atom is -0.475 e. The molecule has 0 amide bonds. The Morgan fingerprint density at radius 1 is 1.64 bits per heavy atom. The predicted molar refractivity (Wildman–Crippen MR) is 38.1 cm³/mol. The van der Waals surface area contributed by atoms with Gasteiger partial charge < -0.3 is 5.11 Å². The number of H-pyrrole nitrogens is 1. The number of aryl methyl sites for hydroxylation is 1. The van der Waals surface area contributed by atoms with Crippen molar-refractivity contribution in [1.82, 2.24) is 9.97 Å². The lowest BCUT2D eigenvalue weighted by molar-refractivity contribution is -0.521. The molecule has 56 valence electrons. The van der Waals surface area contributed by atoms with Gasteiger partial charge >= 0.3 is 11.5 Å². The Hall–Kier alpha value is -1.58. The van der Waals surface area contributed by atoms with Crippen LogP contribution in [0.4, 0.5) is 0 Å². The summed E-state index contributed by atoms with van der Waals surface area (Å²) in [7, 11) is 0.